The van der Waals surface area contributed by atoms with Crippen LogP contribution < -0.4 is 10.1 Å². The molecule has 0 atom stereocenters. The van der Waals surface area contributed by atoms with E-state index < -0.39 is 0 Å². The van der Waals surface area contributed by atoms with Crippen LogP contribution in [0.5, 0.6) is 5.75 Å². The SMILES string of the molecule is O=C(CSCc1ccc(Cl)cc1F)Nc1ccc(OC2CCCC2)cc1. The van der Waals surface area contributed by atoms with Crippen molar-refractivity contribution in [2.24, 2.45) is 0 Å². The summed E-state index contributed by atoms with van der Waals surface area (Å²) in [7, 11) is 0. The van der Waals surface area contributed by atoms with Gasteiger partial charge in [-0.1, -0.05) is 17.7 Å². The highest BCUT2D eigenvalue weighted by atomic mass is 35.5. The second kappa shape index (κ2) is 9.28. The fourth-order valence-corrected chi connectivity index (χ4v) is 3.88. The van der Waals surface area contributed by atoms with E-state index in [9.17, 15) is 9.18 Å². The van der Waals surface area contributed by atoms with Crippen LogP contribution in [0.4, 0.5) is 10.1 Å². The molecule has 0 aliphatic heterocycles. The summed E-state index contributed by atoms with van der Waals surface area (Å²) in [5.41, 5.74) is 1.27. The largest absolute Gasteiger partial charge is 0.490 e. The maximum atomic E-state index is 13.7. The maximum absolute atomic E-state index is 13.7. The first-order valence-corrected chi connectivity index (χ1v) is 10.2. The van der Waals surface area contributed by atoms with Crippen LogP contribution in [0, 0.1) is 5.82 Å². The number of halogens is 2. The fraction of sp³-hybridized carbons (Fsp3) is 0.350. The van der Waals surface area contributed by atoms with Crippen LogP contribution in [0.25, 0.3) is 0 Å². The van der Waals surface area contributed by atoms with Crippen LogP contribution >= 0.6 is 23.4 Å². The summed E-state index contributed by atoms with van der Waals surface area (Å²) >= 11 is 7.09. The van der Waals surface area contributed by atoms with E-state index in [1.165, 1.54) is 30.7 Å². The maximum Gasteiger partial charge on any atom is 0.234 e. The summed E-state index contributed by atoms with van der Waals surface area (Å²) in [5.74, 6) is 1.05. The quantitative estimate of drug-likeness (QED) is 0.658. The lowest BCUT2D eigenvalue weighted by Crippen LogP contribution is -2.14. The minimum absolute atomic E-state index is 0.117. The molecule has 0 bridgehead atoms. The van der Waals surface area contributed by atoms with E-state index in [0.717, 1.165) is 24.3 Å². The van der Waals surface area contributed by atoms with Crippen LogP contribution in [0.15, 0.2) is 42.5 Å². The van der Waals surface area contributed by atoms with E-state index in [1.807, 2.05) is 24.3 Å². The third kappa shape index (κ3) is 5.64. The molecule has 0 saturated heterocycles. The lowest BCUT2D eigenvalue weighted by molar-refractivity contribution is -0.113. The smallest absolute Gasteiger partial charge is 0.234 e. The first-order valence-electron chi connectivity index (χ1n) is 8.68. The van der Waals surface area contributed by atoms with Crippen molar-refractivity contribution in [1.29, 1.82) is 0 Å². The number of rotatable bonds is 7. The highest BCUT2D eigenvalue weighted by molar-refractivity contribution is 7.99. The molecule has 6 heteroatoms. The third-order valence-electron chi connectivity index (χ3n) is 4.25. The molecule has 0 spiro atoms. The summed E-state index contributed by atoms with van der Waals surface area (Å²) in [6.07, 6.45) is 5.01. The fourth-order valence-electron chi connectivity index (χ4n) is 2.90. The van der Waals surface area contributed by atoms with Gasteiger partial charge in [0.2, 0.25) is 5.91 Å². The van der Waals surface area contributed by atoms with Crippen molar-refractivity contribution in [2.75, 3.05) is 11.1 Å². The minimum Gasteiger partial charge on any atom is -0.490 e. The molecule has 1 fully saturated rings. The van der Waals surface area contributed by atoms with Crippen LogP contribution in [0.2, 0.25) is 5.02 Å². The molecule has 0 unspecified atom stereocenters. The average molecular weight is 394 g/mol. The van der Waals surface area contributed by atoms with E-state index in [-0.39, 0.29) is 17.5 Å². The number of amides is 1. The van der Waals surface area contributed by atoms with Gasteiger partial charge in [-0.3, -0.25) is 4.79 Å². The van der Waals surface area contributed by atoms with Gasteiger partial charge in [0, 0.05) is 16.5 Å². The van der Waals surface area contributed by atoms with Gasteiger partial charge in [0.15, 0.2) is 0 Å². The standard InChI is InChI=1S/C20H21ClFNO2S/c21-15-6-5-14(19(22)11-15)12-26-13-20(24)23-16-7-9-18(10-8-16)25-17-3-1-2-4-17/h5-11,17H,1-4,12-13H2,(H,23,24). The molecule has 0 aromatic heterocycles. The Bertz CT molecular complexity index is 748. The van der Waals surface area contributed by atoms with E-state index in [2.05, 4.69) is 5.32 Å². The monoisotopic (exact) mass is 393 g/mol. The summed E-state index contributed by atoms with van der Waals surface area (Å²) < 4.78 is 19.6. The first kappa shape index (κ1) is 19.1. The Kier molecular flexibility index (Phi) is 6.80. The normalized spacial score (nSPS) is 14.4. The van der Waals surface area contributed by atoms with E-state index in [4.69, 9.17) is 16.3 Å². The predicted molar refractivity (Wildman–Crippen MR) is 106 cm³/mol. The molecule has 0 radical (unpaired) electrons. The molecule has 138 valence electrons. The van der Waals surface area contributed by atoms with Gasteiger partial charge in [-0.05, 0) is 67.6 Å². The van der Waals surface area contributed by atoms with E-state index in [0.29, 0.717) is 22.4 Å². The molecule has 2 aromatic rings. The van der Waals surface area contributed by atoms with Gasteiger partial charge in [0.25, 0.3) is 0 Å². The van der Waals surface area contributed by atoms with Gasteiger partial charge in [0.05, 0.1) is 11.9 Å². The van der Waals surface area contributed by atoms with Crippen LogP contribution in [0.3, 0.4) is 0 Å². The highest BCUT2D eigenvalue weighted by Crippen LogP contribution is 2.25. The molecule has 0 heterocycles. The Morgan fingerprint density at radius 3 is 2.62 bits per heavy atom. The van der Waals surface area contributed by atoms with Gasteiger partial charge in [-0.2, -0.15) is 0 Å². The van der Waals surface area contributed by atoms with Crippen molar-refractivity contribution < 1.29 is 13.9 Å². The Labute approximate surface area is 162 Å². The van der Waals surface area contributed by atoms with E-state index >= 15 is 0 Å². The lowest BCUT2D eigenvalue weighted by Gasteiger charge is -2.13. The van der Waals surface area contributed by atoms with Crippen molar-refractivity contribution in [3.8, 4) is 5.75 Å². The Morgan fingerprint density at radius 1 is 1.19 bits per heavy atom. The van der Waals surface area contributed by atoms with Crippen LogP contribution in [-0.4, -0.2) is 17.8 Å². The number of ether oxygens (including phenoxy) is 1. The molecule has 1 aliphatic carbocycles. The highest BCUT2D eigenvalue weighted by Gasteiger charge is 2.16. The van der Waals surface area contributed by atoms with Crippen molar-refractivity contribution in [1.82, 2.24) is 0 Å². The number of thioether (sulfide) groups is 1. The summed E-state index contributed by atoms with van der Waals surface area (Å²) in [5, 5.41) is 3.21. The van der Waals surface area contributed by atoms with Crippen molar-refractivity contribution in [3.63, 3.8) is 0 Å². The Balaban J connectivity index is 1.42. The minimum atomic E-state index is -0.344. The molecule has 3 nitrogen and oxygen atoms in total. The number of carbonyl (C=O) groups is 1. The number of carbonyl (C=O) groups excluding carboxylic acids is 1. The molecule has 1 saturated carbocycles. The van der Waals surface area contributed by atoms with Crippen LogP contribution in [0.1, 0.15) is 31.2 Å². The third-order valence-corrected chi connectivity index (χ3v) is 5.47. The van der Waals surface area contributed by atoms with Crippen molar-refractivity contribution >= 4 is 35.0 Å². The topological polar surface area (TPSA) is 38.3 Å². The molecule has 1 amide bonds. The van der Waals surface area contributed by atoms with E-state index in [1.54, 1.807) is 12.1 Å². The Hall–Kier alpha value is -1.72. The zero-order valence-corrected chi connectivity index (χ0v) is 15.9. The number of hydrogen-bond acceptors (Lipinski definition) is 3. The van der Waals surface area contributed by atoms with Gasteiger partial charge in [-0.25, -0.2) is 4.39 Å². The molecule has 26 heavy (non-hydrogen) atoms. The van der Waals surface area contributed by atoms with Crippen molar-refractivity contribution in [2.45, 2.75) is 37.5 Å². The van der Waals surface area contributed by atoms with Crippen molar-refractivity contribution in [3.05, 3.63) is 58.9 Å². The van der Waals surface area contributed by atoms with Gasteiger partial charge in [-0.15, -0.1) is 11.8 Å². The van der Waals surface area contributed by atoms with Gasteiger partial charge >= 0.3 is 0 Å². The molecule has 1 aliphatic rings. The average Bonchev–Trinajstić information content (AvgIpc) is 3.12. The molecule has 2 aromatic carbocycles. The number of anilines is 1. The number of nitrogens with one attached hydrogen (secondary N) is 1. The lowest BCUT2D eigenvalue weighted by atomic mass is 10.2. The zero-order chi connectivity index (χ0) is 18.4. The second-order valence-corrected chi connectivity index (χ2v) is 7.75. The molecular formula is C20H21ClFNO2S. The van der Waals surface area contributed by atoms with Gasteiger partial charge < -0.3 is 10.1 Å². The molecular weight excluding hydrogens is 373 g/mol. The summed E-state index contributed by atoms with van der Waals surface area (Å²) in [6.45, 7) is 0. The number of benzene rings is 2. The zero-order valence-electron chi connectivity index (χ0n) is 14.3. The molecule has 3 rings (SSSR count). The number of hydrogen-bond donors (Lipinski definition) is 1. The van der Waals surface area contributed by atoms with Gasteiger partial charge in [0.1, 0.15) is 11.6 Å². The summed E-state index contributed by atoms with van der Waals surface area (Å²) in [6, 6.07) is 12.0. The first-order chi connectivity index (χ1) is 12.6. The van der Waals surface area contributed by atoms with Crippen LogP contribution in [-0.2, 0) is 10.5 Å². The molecule has 1 N–H and O–H groups in total. The predicted octanol–water partition coefficient (Wildman–Crippen LogP) is 5.67. The Morgan fingerprint density at radius 2 is 1.92 bits per heavy atom. The summed E-state index contributed by atoms with van der Waals surface area (Å²) in [4.78, 5) is 12.0. The second-order valence-electron chi connectivity index (χ2n) is 6.33.